The fourth-order valence-electron chi connectivity index (χ4n) is 12.7. The minimum absolute atomic E-state index is 0.105. The van der Waals surface area contributed by atoms with Crippen LogP contribution in [-0.4, -0.2) is 96.7 Å². The average Bonchev–Trinajstić information content (AvgIpc) is 0.923. The van der Waals surface area contributed by atoms with Gasteiger partial charge in [-0.25, -0.2) is 9.13 Å². The SMILES string of the molecule is CCC(C)CCCCCCCCCCCCCCCCCCCCC(=O)OC[C@H](COP(=O)(O)OCC(O)COP(=O)(O)OC[C@@H](COC(=O)CCCCCCCCCC(C)C)OC(=O)CCCCCCCCCCCCCCCCC(C)CC)OC(=O)CCCCCCCCCCCC(C)C. The van der Waals surface area contributed by atoms with E-state index in [0.717, 1.165) is 114 Å². The maximum atomic E-state index is 13.1. The first-order valence-electron chi connectivity index (χ1n) is 42.8. The van der Waals surface area contributed by atoms with Gasteiger partial charge in [-0.05, 0) is 49.4 Å². The van der Waals surface area contributed by atoms with Crippen LogP contribution in [0.15, 0.2) is 0 Å². The molecule has 0 fully saturated rings. The summed E-state index contributed by atoms with van der Waals surface area (Å²) >= 11 is 0. The largest absolute Gasteiger partial charge is 0.472 e. The average molecular weight is 1490 g/mol. The van der Waals surface area contributed by atoms with Crippen LogP contribution in [0.3, 0.4) is 0 Å². The van der Waals surface area contributed by atoms with Crippen molar-refractivity contribution in [3.8, 4) is 0 Å². The van der Waals surface area contributed by atoms with Gasteiger partial charge in [0.25, 0.3) is 0 Å². The number of hydrogen-bond donors (Lipinski definition) is 3. The molecule has 0 aliphatic carbocycles. The van der Waals surface area contributed by atoms with E-state index in [1.54, 1.807) is 0 Å². The summed E-state index contributed by atoms with van der Waals surface area (Å²) in [6.07, 6.45) is 59.8. The summed E-state index contributed by atoms with van der Waals surface area (Å²) in [6, 6.07) is 0. The second-order valence-electron chi connectivity index (χ2n) is 31.3. The van der Waals surface area contributed by atoms with Crippen molar-refractivity contribution in [1.29, 1.82) is 0 Å². The van der Waals surface area contributed by atoms with Gasteiger partial charge >= 0.3 is 39.5 Å². The molecular weight excluding hydrogens is 1330 g/mol. The summed E-state index contributed by atoms with van der Waals surface area (Å²) in [6.45, 7) is 14.3. The van der Waals surface area contributed by atoms with Gasteiger partial charge in [-0.2, -0.15) is 0 Å². The first-order chi connectivity index (χ1) is 49.2. The van der Waals surface area contributed by atoms with E-state index in [1.165, 1.54) is 225 Å². The van der Waals surface area contributed by atoms with Crippen LogP contribution in [0.2, 0.25) is 0 Å². The lowest BCUT2D eigenvalue weighted by atomic mass is 9.99. The first-order valence-corrected chi connectivity index (χ1v) is 45.8. The number of carbonyl (C=O) groups excluding carboxylic acids is 4. The van der Waals surface area contributed by atoms with Crippen LogP contribution in [0.1, 0.15) is 428 Å². The summed E-state index contributed by atoms with van der Waals surface area (Å²) in [5, 5.41) is 10.6. The highest BCUT2D eigenvalue weighted by molar-refractivity contribution is 7.47. The molecule has 0 radical (unpaired) electrons. The lowest BCUT2D eigenvalue weighted by Gasteiger charge is -2.21. The molecule has 606 valence electrons. The number of hydrogen-bond acceptors (Lipinski definition) is 15. The predicted octanol–water partition coefficient (Wildman–Crippen LogP) is 24.8. The van der Waals surface area contributed by atoms with Crippen molar-refractivity contribution < 1.29 is 80.2 Å². The van der Waals surface area contributed by atoms with E-state index in [2.05, 4.69) is 55.4 Å². The fourth-order valence-corrected chi connectivity index (χ4v) is 14.3. The van der Waals surface area contributed by atoms with Crippen molar-refractivity contribution >= 4 is 39.5 Å². The molecule has 3 N–H and O–H groups in total. The maximum Gasteiger partial charge on any atom is 0.472 e. The zero-order valence-corrected chi connectivity index (χ0v) is 69.0. The van der Waals surface area contributed by atoms with Crippen molar-refractivity contribution in [2.45, 2.75) is 446 Å². The Labute approximate surface area is 626 Å². The Morgan fingerprint density at radius 1 is 0.275 bits per heavy atom. The summed E-state index contributed by atoms with van der Waals surface area (Å²) in [5.74, 6) is 1.05. The molecule has 0 aromatic rings. The zero-order valence-electron chi connectivity index (χ0n) is 67.2. The molecule has 0 aliphatic heterocycles. The third-order valence-electron chi connectivity index (χ3n) is 20.0. The molecule has 0 aromatic heterocycles. The van der Waals surface area contributed by atoms with Crippen molar-refractivity contribution in [2.24, 2.45) is 23.7 Å². The molecule has 17 nitrogen and oxygen atoms in total. The van der Waals surface area contributed by atoms with Crippen LogP contribution in [0.5, 0.6) is 0 Å². The van der Waals surface area contributed by atoms with Gasteiger partial charge in [0.15, 0.2) is 12.2 Å². The Morgan fingerprint density at radius 2 is 0.471 bits per heavy atom. The number of rotatable bonds is 80. The molecule has 19 heteroatoms. The number of aliphatic hydroxyl groups excluding tert-OH is 1. The summed E-state index contributed by atoms with van der Waals surface area (Å²) in [7, 11) is -9.92. The second-order valence-corrected chi connectivity index (χ2v) is 34.2. The number of phosphoric acid groups is 2. The lowest BCUT2D eigenvalue weighted by molar-refractivity contribution is -0.161. The standard InChI is InChI=1S/C83H162O17P2/c1-9-75(7)61-53-45-37-29-23-19-15-13-11-12-14-16-21-25-31-39-47-55-63-80(85)93-69-78(100-83(88)66-58-50-41-33-27-28-35-43-51-59-73(3)4)71-97-101(89,90)95-67-77(84)68-96-102(91,92)98-72-79(70-94-81(86)64-56-48-42-34-36-44-52-60-74(5)6)99-82(87)65-57-49-40-32-26-22-18-17-20-24-30-38-46-54-62-76(8)10-2/h73-79,84H,9-72H2,1-8H3,(H,89,90)(H,91,92)/t75?,76?,77?,78-,79-/m1/s1. The number of esters is 4. The van der Waals surface area contributed by atoms with E-state index in [4.69, 9.17) is 37.0 Å². The predicted molar refractivity (Wildman–Crippen MR) is 418 cm³/mol. The van der Waals surface area contributed by atoms with Gasteiger partial charge in [-0.15, -0.1) is 0 Å². The molecule has 0 aromatic carbocycles. The van der Waals surface area contributed by atoms with E-state index >= 15 is 0 Å². The smallest absolute Gasteiger partial charge is 0.462 e. The number of phosphoric ester groups is 2. The monoisotopic (exact) mass is 1490 g/mol. The fraction of sp³-hybridized carbons (Fsp3) is 0.952. The van der Waals surface area contributed by atoms with Gasteiger partial charge in [0.1, 0.15) is 19.3 Å². The third kappa shape index (κ3) is 73.6. The van der Waals surface area contributed by atoms with E-state index in [0.29, 0.717) is 31.6 Å². The highest BCUT2D eigenvalue weighted by Crippen LogP contribution is 2.45. The molecule has 0 heterocycles. The van der Waals surface area contributed by atoms with Crippen LogP contribution >= 0.6 is 15.6 Å². The molecule has 0 saturated heterocycles. The van der Waals surface area contributed by atoms with Gasteiger partial charge in [-0.1, -0.05) is 376 Å². The highest BCUT2D eigenvalue weighted by atomic mass is 31.2. The molecule has 7 atom stereocenters. The summed E-state index contributed by atoms with van der Waals surface area (Å²) in [4.78, 5) is 73.0. The van der Waals surface area contributed by atoms with Crippen molar-refractivity contribution in [1.82, 2.24) is 0 Å². The van der Waals surface area contributed by atoms with E-state index in [9.17, 15) is 43.2 Å². The summed E-state index contributed by atoms with van der Waals surface area (Å²) in [5.41, 5.74) is 0. The Morgan fingerprint density at radius 3 is 0.696 bits per heavy atom. The normalized spacial score (nSPS) is 14.5. The number of carbonyl (C=O) groups is 4. The van der Waals surface area contributed by atoms with Gasteiger partial charge in [-0.3, -0.25) is 37.3 Å². The van der Waals surface area contributed by atoms with Crippen molar-refractivity contribution in [3.63, 3.8) is 0 Å². The van der Waals surface area contributed by atoms with Crippen LogP contribution in [0.25, 0.3) is 0 Å². The molecular formula is C83H162O17P2. The van der Waals surface area contributed by atoms with Crippen LogP contribution in [-0.2, 0) is 65.4 Å². The van der Waals surface area contributed by atoms with Gasteiger partial charge < -0.3 is 33.8 Å². The molecule has 0 spiro atoms. The van der Waals surface area contributed by atoms with Crippen LogP contribution in [0.4, 0.5) is 0 Å². The van der Waals surface area contributed by atoms with E-state index in [1.807, 2.05) is 0 Å². The van der Waals surface area contributed by atoms with Gasteiger partial charge in [0.2, 0.25) is 0 Å². The Bertz CT molecular complexity index is 1990. The van der Waals surface area contributed by atoms with Crippen molar-refractivity contribution in [3.05, 3.63) is 0 Å². The Balaban J connectivity index is 5.16. The molecule has 5 unspecified atom stereocenters. The Hall–Kier alpha value is -1.94. The molecule has 102 heavy (non-hydrogen) atoms. The summed E-state index contributed by atoms with van der Waals surface area (Å²) < 4.78 is 68.7. The molecule has 0 amide bonds. The second kappa shape index (κ2) is 72.0. The van der Waals surface area contributed by atoms with Crippen LogP contribution in [0, 0.1) is 23.7 Å². The van der Waals surface area contributed by atoms with Crippen LogP contribution < -0.4 is 0 Å². The maximum absolute atomic E-state index is 13.1. The quantitative estimate of drug-likeness (QED) is 0.0222. The topological polar surface area (TPSA) is 237 Å². The molecule has 0 aliphatic rings. The number of aliphatic hydroxyl groups is 1. The number of ether oxygens (including phenoxy) is 4. The highest BCUT2D eigenvalue weighted by Gasteiger charge is 2.30. The van der Waals surface area contributed by atoms with E-state index < -0.39 is 97.5 Å². The Kier molecular flexibility index (Phi) is 70.6. The van der Waals surface area contributed by atoms with Gasteiger partial charge in [0.05, 0.1) is 26.4 Å². The third-order valence-corrected chi connectivity index (χ3v) is 21.9. The minimum atomic E-state index is -4.96. The van der Waals surface area contributed by atoms with Gasteiger partial charge in [0, 0.05) is 25.7 Å². The zero-order chi connectivity index (χ0) is 75.3. The first kappa shape index (κ1) is 100. The molecule has 0 bridgehead atoms. The minimum Gasteiger partial charge on any atom is -0.462 e. The molecule has 0 rings (SSSR count). The van der Waals surface area contributed by atoms with E-state index in [-0.39, 0.29) is 25.7 Å². The lowest BCUT2D eigenvalue weighted by Crippen LogP contribution is -2.30. The number of unbranched alkanes of at least 4 members (excludes halogenated alkanes) is 44. The van der Waals surface area contributed by atoms with Crippen molar-refractivity contribution in [2.75, 3.05) is 39.6 Å². The molecule has 0 saturated carbocycles.